The Morgan fingerprint density at radius 1 is 1.36 bits per heavy atom. The summed E-state index contributed by atoms with van der Waals surface area (Å²) in [6, 6.07) is 5.37. The first kappa shape index (κ1) is 14.4. The van der Waals surface area contributed by atoms with Gasteiger partial charge in [0.05, 0.1) is 6.04 Å². The summed E-state index contributed by atoms with van der Waals surface area (Å²) >= 11 is 0. The highest BCUT2D eigenvalue weighted by Gasteiger charge is 2.33. The summed E-state index contributed by atoms with van der Waals surface area (Å²) in [5, 5.41) is 6.04. The molecule has 0 unspecified atom stereocenters. The minimum absolute atomic E-state index is 0.0655. The van der Waals surface area contributed by atoms with E-state index in [1.54, 1.807) is 4.90 Å². The lowest BCUT2D eigenvalue weighted by atomic mass is 9.99. The van der Waals surface area contributed by atoms with Gasteiger partial charge in [0.25, 0.3) is 0 Å². The van der Waals surface area contributed by atoms with Gasteiger partial charge in [-0.3, -0.25) is 14.9 Å². The van der Waals surface area contributed by atoms with E-state index in [0.717, 1.165) is 25.0 Å². The Kier molecular flexibility index (Phi) is 3.95. The van der Waals surface area contributed by atoms with Crippen molar-refractivity contribution >= 4 is 17.6 Å². The molecule has 1 saturated heterocycles. The van der Waals surface area contributed by atoms with Crippen LogP contribution in [0.25, 0.3) is 0 Å². The van der Waals surface area contributed by atoms with E-state index in [0.29, 0.717) is 6.54 Å². The molecular formula is C15H18N4O3. The summed E-state index contributed by atoms with van der Waals surface area (Å²) < 4.78 is 6.64. The first-order valence-corrected chi connectivity index (χ1v) is 7.30. The molecule has 1 atom stereocenters. The molecule has 0 radical (unpaired) electrons. The predicted octanol–water partition coefficient (Wildman–Crippen LogP) is 1.71. The number of hydrogen-bond donors (Lipinski definition) is 1. The number of carbonyl (C=O) groups excluding carboxylic acids is 2. The van der Waals surface area contributed by atoms with Crippen LogP contribution in [0.2, 0.25) is 0 Å². The molecule has 22 heavy (non-hydrogen) atoms. The standard InChI is InChI=1S/C15H18N4O3/c1-18-8-4-6-11(18)12-5-2-3-9-19(12)15(21)14(20)16-13-7-10-22-17-13/h4,6-8,10,12H,2-3,5,9H2,1H3,(H,16,17,20)/t12-/m1/s1. The number of rotatable bonds is 2. The average Bonchev–Trinajstić information content (AvgIpc) is 3.18. The molecule has 1 aliphatic rings. The van der Waals surface area contributed by atoms with Crippen LogP contribution in [0.3, 0.4) is 0 Å². The van der Waals surface area contributed by atoms with E-state index < -0.39 is 11.8 Å². The van der Waals surface area contributed by atoms with Gasteiger partial charge in [0, 0.05) is 31.5 Å². The molecule has 0 aromatic carbocycles. The van der Waals surface area contributed by atoms with Crippen LogP contribution < -0.4 is 5.32 Å². The summed E-state index contributed by atoms with van der Waals surface area (Å²) in [6.45, 7) is 0.584. The number of amides is 2. The Hall–Kier alpha value is -2.57. The van der Waals surface area contributed by atoms with Gasteiger partial charge in [-0.25, -0.2) is 0 Å². The molecule has 0 bridgehead atoms. The molecular weight excluding hydrogens is 284 g/mol. The van der Waals surface area contributed by atoms with E-state index in [-0.39, 0.29) is 11.9 Å². The highest BCUT2D eigenvalue weighted by molar-refractivity contribution is 6.39. The van der Waals surface area contributed by atoms with Crippen molar-refractivity contribution in [3.8, 4) is 0 Å². The second-order valence-corrected chi connectivity index (χ2v) is 5.39. The Balaban J connectivity index is 1.77. The van der Waals surface area contributed by atoms with Crippen LogP contribution in [0, 0.1) is 0 Å². The van der Waals surface area contributed by atoms with Gasteiger partial charge in [0.2, 0.25) is 0 Å². The minimum atomic E-state index is -0.685. The van der Waals surface area contributed by atoms with Gasteiger partial charge in [-0.15, -0.1) is 0 Å². The molecule has 3 heterocycles. The van der Waals surface area contributed by atoms with E-state index in [4.69, 9.17) is 0 Å². The van der Waals surface area contributed by atoms with E-state index in [2.05, 4.69) is 15.0 Å². The molecule has 116 valence electrons. The fourth-order valence-corrected chi connectivity index (χ4v) is 2.88. The fourth-order valence-electron chi connectivity index (χ4n) is 2.88. The summed E-state index contributed by atoms with van der Waals surface area (Å²) in [5.41, 5.74) is 1.04. The lowest BCUT2D eigenvalue weighted by molar-refractivity contribution is -0.146. The van der Waals surface area contributed by atoms with E-state index >= 15 is 0 Å². The van der Waals surface area contributed by atoms with Gasteiger partial charge in [-0.1, -0.05) is 5.16 Å². The van der Waals surface area contributed by atoms with Gasteiger partial charge in [0.15, 0.2) is 5.82 Å². The van der Waals surface area contributed by atoms with Crippen LogP contribution in [0.1, 0.15) is 31.0 Å². The SMILES string of the molecule is Cn1cccc1[C@H]1CCCCN1C(=O)C(=O)Nc1ccon1. The van der Waals surface area contributed by atoms with Crippen LogP contribution in [-0.2, 0) is 16.6 Å². The third-order valence-corrected chi connectivity index (χ3v) is 3.96. The zero-order valence-corrected chi connectivity index (χ0v) is 12.4. The quantitative estimate of drug-likeness (QED) is 0.856. The molecule has 1 aliphatic heterocycles. The van der Waals surface area contributed by atoms with Gasteiger partial charge in [-0.2, -0.15) is 0 Å². The molecule has 0 aliphatic carbocycles. The number of hydrogen-bond acceptors (Lipinski definition) is 4. The molecule has 2 amide bonds. The average molecular weight is 302 g/mol. The van der Waals surface area contributed by atoms with Gasteiger partial charge >= 0.3 is 11.8 Å². The first-order valence-electron chi connectivity index (χ1n) is 7.30. The van der Waals surface area contributed by atoms with Crippen molar-refractivity contribution in [3.05, 3.63) is 36.4 Å². The smallest absolute Gasteiger partial charge is 0.315 e. The highest BCUT2D eigenvalue weighted by Crippen LogP contribution is 2.31. The maximum atomic E-state index is 12.5. The molecule has 0 spiro atoms. The van der Waals surface area contributed by atoms with Crippen LogP contribution >= 0.6 is 0 Å². The van der Waals surface area contributed by atoms with Gasteiger partial charge in [0.1, 0.15) is 6.26 Å². The molecule has 3 rings (SSSR count). The second-order valence-electron chi connectivity index (χ2n) is 5.39. The molecule has 7 nitrogen and oxygen atoms in total. The monoisotopic (exact) mass is 302 g/mol. The van der Waals surface area contributed by atoms with E-state index in [1.165, 1.54) is 12.3 Å². The van der Waals surface area contributed by atoms with Crippen LogP contribution in [0.4, 0.5) is 5.82 Å². The molecule has 1 N–H and O–H groups in total. The highest BCUT2D eigenvalue weighted by atomic mass is 16.5. The molecule has 0 saturated carbocycles. The van der Waals surface area contributed by atoms with E-state index in [1.807, 2.05) is 29.9 Å². The maximum absolute atomic E-state index is 12.5. The van der Waals surface area contributed by atoms with Gasteiger partial charge in [-0.05, 0) is 31.4 Å². The van der Waals surface area contributed by atoms with Crippen molar-refractivity contribution < 1.29 is 14.1 Å². The number of nitrogens with zero attached hydrogens (tertiary/aromatic N) is 3. The molecule has 1 fully saturated rings. The summed E-state index contributed by atoms with van der Waals surface area (Å²) in [5.74, 6) is -0.977. The number of carbonyl (C=O) groups is 2. The zero-order valence-electron chi connectivity index (χ0n) is 12.4. The van der Waals surface area contributed by atoms with E-state index in [9.17, 15) is 9.59 Å². The van der Waals surface area contributed by atoms with Crippen LogP contribution in [-0.4, -0.2) is 33.0 Å². The minimum Gasteiger partial charge on any atom is -0.363 e. The number of nitrogens with one attached hydrogen (secondary N) is 1. The second kappa shape index (κ2) is 6.05. The van der Waals surface area contributed by atoms with Crippen molar-refractivity contribution in [3.63, 3.8) is 0 Å². The lowest BCUT2D eigenvalue weighted by Gasteiger charge is -2.35. The molecule has 2 aromatic heterocycles. The third-order valence-electron chi connectivity index (χ3n) is 3.96. The number of piperidine rings is 1. The van der Waals surface area contributed by atoms with Crippen molar-refractivity contribution in [2.24, 2.45) is 7.05 Å². The van der Waals surface area contributed by atoms with Crippen molar-refractivity contribution in [2.75, 3.05) is 11.9 Å². The normalized spacial score (nSPS) is 18.2. The third kappa shape index (κ3) is 2.74. The summed E-state index contributed by atoms with van der Waals surface area (Å²) in [4.78, 5) is 26.3. The largest absolute Gasteiger partial charge is 0.363 e. The molecule has 2 aromatic rings. The number of aryl methyl sites for hydroxylation is 1. The number of aromatic nitrogens is 2. The Morgan fingerprint density at radius 3 is 2.91 bits per heavy atom. The Morgan fingerprint density at radius 2 is 2.23 bits per heavy atom. The van der Waals surface area contributed by atoms with Crippen molar-refractivity contribution in [1.82, 2.24) is 14.6 Å². The predicted molar refractivity (Wildman–Crippen MR) is 78.9 cm³/mol. The Bertz CT molecular complexity index is 662. The summed E-state index contributed by atoms with van der Waals surface area (Å²) in [7, 11) is 1.95. The van der Waals surface area contributed by atoms with Crippen LogP contribution in [0.5, 0.6) is 0 Å². The molecule has 7 heteroatoms. The van der Waals surface area contributed by atoms with Crippen molar-refractivity contribution in [2.45, 2.75) is 25.3 Å². The van der Waals surface area contributed by atoms with Gasteiger partial charge < -0.3 is 14.0 Å². The van der Waals surface area contributed by atoms with Crippen molar-refractivity contribution in [1.29, 1.82) is 0 Å². The fraction of sp³-hybridized carbons (Fsp3) is 0.400. The number of likely N-dealkylation sites (tertiary alicyclic amines) is 1. The summed E-state index contributed by atoms with van der Waals surface area (Å²) in [6.07, 6.45) is 6.10. The first-order chi connectivity index (χ1) is 10.7. The zero-order chi connectivity index (χ0) is 15.5. The maximum Gasteiger partial charge on any atom is 0.315 e. The van der Waals surface area contributed by atoms with Crippen LogP contribution in [0.15, 0.2) is 35.2 Å². The topological polar surface area (TPSA) is 80.4 Å². The Labute approximate surface area is 127 Å². The lowest BCUT2D eigenvalue weighted by Crippen LogP contribution is -2.44. The number of anilines is 1.